The Hall–Kier alpha value is -3.15. The zero-order valence-electron chi connectivity index (χ0n) is 15.1. The molecule has 6 heteroatoms. The summed E-state index contributed by atoms with van der Waals surface area (Å²) in [4.78, 5) is 28.1. The third-order valence-corrected chi connectivity index (χ3v) is 3.47. The van der Waals surface area contributed by atoms with E-state index in [1.807, 2.05) is 43.3 Å². The first kappa shape index (κ1) is 19.2. The van der Waals surface area contributed by atoms with Gasteiger partial charge in [0.15, 0.2) is 5.57 Å². The van der Waals surface area contributed by atoms with E-state index in [0.29, 0.717) is 0 Å². The molecular formula is C20H22N2O4. The van der Waals surface area contributed by atoms with Crippen LogP contribution in [0.4, 0.5) is 5.69 Å². The van der Waals surface area contributed by atoms with Crippen molar-refractivity contribution < 1.29 is 19.1 Å². The standard InChI is InChI=1S/C20H22N2O4/c1-4-25-19(23)18(20(24)26-5-2)13-22-17-8-6-7-15(12-17)16-9-10-21-14(3)11-16/h6-13,22H,4-5H2,1-3H3. The van der Waals surface area contributed by atoms with E-state index in [9.17, 15) is 9.59 Å². The van der Waals surface area contributed by atoms with Gasteiger partial charge in [0.05, 0.1) is 13.2 Å². The highest BCUT2D eigenvalue weighted by Gasteiger charge is 2.20. The maximum Gasteiger partial charge on any atom is 0.347 e. The number of rotatable bonds is 7. The quantitative estimate of drug-likeness (QED) is 0.355. The Morgan fingerprint density at radius 2 is 1.69 bits per heavy atom. The molecule has 0 saturated carbocycles. The molecule has 0 spiro atoms. The van der Waals surface area contributed by atoms with Crippen LogP contribution in [-0.4, -0.2) is 30.1 Å². The van der Waals surface area contributed by atoms with Gasteiger partial charge in [0.1, 0.15) is 0 Å². The molecule has 0 aliphatic rings. The average Bonchev–Trinajstić information content (AvgIpc) is 2.62. The van der Waals surface area contributed by atoms with Crippen LogP contribution < -0.4 is 5.32 Å². The molecule has 1 aromatic carbocycles. The van der Waals surface area contributed by atoms with Gasteiger partial charge in [0.2, 0.25) is 0 Å². The van der Waals surface area contributed by atoms with Crippen LogP contribution in [0.25, 0.3) is 11.1 Å². The number of ether oxygens (including phenoxy) is 2. The molecule has 0 radical (unpaired) electrons. The van der Waals surface area contributed by atoms with Gasteiger partial charge in [-0.2, -0.15) is 0 Å². The highest BCUT2D eigenvalue weighted by atomic mass is 16.6. The van der Waals surface area contributed by atoms with Gasteiger partial charge in [-0.1, -0.05) is 12.1 Å². The number of hydrogen-bond acceptors (Lipinski definition) is 6. The van der Waals surface area contributed by atoms with Crippen molar-refractivity contribution in [2.45, 2.75) is 20.8 Å². The molecule has 0 saturated heterocycles. The van der Waals surface area contributed by atoms with Gasteiger partial charge in [0, 0.05) is 23.8 Å². The lowest BCUT2D eigenvalue weighted by Gasteiger charge is -2.09. The number of esters is 2. The highest BCUT2D eigenvalue weighted by molar-refractivity contribution is 6.14. The van der Waals surface area contributed by atoms with Crippen molar-refractivity contribution in [2.24, 2.45) is 0 Å². The largest absolute Gasteiger partial charge is 0.462 e. The minimum absolute atomic E-state index is 0.173. The van der Waals surface area contributed by atoms with Crippen molar-refractivity contribution in [3.63, 3.8) is 0 Å². The Morgan fingerprint density at radius 1 is 1.04 bits per heavy atom. The second kappa shape index (κ2) is 9.36. The van der Waals surface area contributed by atoms with Crippen LogP contribution in [0.2, 0.25) is 0 Å². The smallest absolute Gasteiger partial charge is 0.347 e. The summed E-state index contributed by atoms with van der Waals surface area (Å²) in [6.45, 7) is 5.63. The summed E-state index contributed by atoms with van der Waals surface area (Å²) in [5.74, 6) is -1.45. The molecule has 0 aliphatic carbocycles. The summed E-state index contributed by atoms with van der Waals surface area (Å²) >= 11 is 0. The Balaban J connectivity index is 2.25. The Morgan fingerprint density at radius 3 is 2.31 bits per heavy atom. The summed E-state index contributed by atoms with van der Waals surface area (Å²) in [5.41, 5.74) is 3.48. The van der Waals surface area contributed by atoms with Crippen LogP contribution in [0, 0.1) is 6.92 Å². The fourth-order valence-corrected chi connectivity index (χ4v) is 2.29. The Labute approximate surface area is 152 Å². The highest BCUT2D eigenvalue weighted by Crippen LogP contribution is 2.23. The van der Waals surface area contributed by atoms with Crippen molar-refractivity contribution >= 4 is 17.6 Å². The van der Waals surface area contributed by atoms with E-state index in [4.69, 9.17) is 9.47 Å². The van der Waals surface area contributed by atoms with Crippen molar-refractivity contribution in [1.29, 1.82) is 0 Å². The second-order valence-electron chi connectivity index (χ2n) is 5.41. The number of pyridine rings is 1. The lowest BCUT2D eigenvalue weighted by molar-refractivity contribution is -0.146. The molecule has 2 rings (SSSR count). The van der Waals surface area contributed by atoms with E-state index >= 15 is 0 Å². The summed E-state index contributed by atoms with van der Waals surface area (Å²) in [7, 11) is 0. The van der Waals surface area contributed by atoms with Crippen LogP contribution in [-0.2, 0) is 19.1 Å². The molecule has 0 unspecified atom stereocenters. The molecule has 2 aromatic rings. The maximum absolute atomic E-state index is 12.0. The number of nitrogens with one attached hydrogen (secondary N) is 1. The number of anilines is 1. The fraction of sp³-hybridized carbons (Fsp3) is 0.250. The number of carbonyl (C=O) groups excluding carboxylic acids is 2. The van der Waals surface area contributed by atoms with E-state index in [0.717, 1.165) is 22.5 Å². The van der Waals surface area contributed by atoms with Crippen LogP contribution in [0.15, 0.2) is 54.4 Å². The predicted molar refractivity (Wildman–Crippen MR) is 99.4 cm³/mol. The van der Waals surface area contributed by atoms with Gasteiger partial charge >= 0.3 is 11.9 Å². The number of nitrogens with zero attached hydrogens (tertiary/aromatic N) is 1. The lowest BCUT2D eigenvalue weighted by Crippen LogP contribution is -2.19. The van der Waals surface area contributed by atoms with E-state index in [1.54, 1.807) is 20.0 Å². The monoisotopic (exact) mass is 354 g/mol. The zero-order valence-corrected chi connectivity index (χ0v) is 15.1. The topological polar surface area (TPSA) is 77.5 Å². The van der Waals surface area contributed by atoms with E-state index in [-0.39, 0.29) is 18.8 Å². The molecule has 0 amide bonds. The van der Waals surface area contributed by atoms with Gasteiger partial charge in [0.25, 0.3) is 0 Å². The summed E-state index contributed by atoms with van der Waals surface area (Å²) in [6.07, 6.45) is 3.07. The molecule has 0 atom stereocenters. The first-order chi connectivity index (χ1) is 12.5. The Kier molecular flexibility index (Phi) is 6.91. The van der Waals surface area contributed by atoms with Crippen molar-refractivity contribution in [3.8, 4) is 11.1 Å². The van der Waals surface area contributed by atoms with Crippen molar-refractivity contribution in [2.75, 3.05) is 18.5 Å². The van der Waals surface area contributed by atoms with Gasteiger partial charge in [-0.25, -0.2) is 9.59 Å². The maximum atomic E-state index is 12.0. The average molecular weight is 354 g/mol. The number of benzene rings is 1. The van der Waals surface area contributed by atoms with Crippen molar-refractivity contribution in [1.82, 2.24) is 4.98 Å². The first-order valence-electron chi connectivity index (χ1n) is 8.39. The van der Waals surface area contributed by atoms with Gasteiger partial charge in [-0.15, -0.1) is 0 Å². The summed E-state index contributed by atoms with van der Waals surface area (Å²) in [6, 6.07) is 11.5. The second-order valence-corrected chi connectivity index (χ2v) is 5.41. The molecular weight excluding hydrogens is 332 g/mol. The first-order valence-corrected chi connectivity index (χ1v) is 8.39. The SMILES string of the molecule is CCOC(=O)C(=CNc1cccc(-c2ccnc(C)c2)c1)C(=O)OCC. The van der Waals surface area contributed by atoms with E-state index in [2.05, 4.69) is 10.3 Å². The molecule has 1 aromatic heterocycles. The van der Waals surface area contributed by atoms with Gasteiger partial charge in [-0.3, -0.25) is 4.98 Å². The number of carbonyl (C=O) groups is 2. The lowest BCUT2D eigenvalue weighted by atomic mass is 10.1. The molecule has 0 bridgehead atoms. The summed E-state index contributed by atoms with van der Waals surface area (Å²) < 4.78 is 9.82. The normalized spacial score (nSPS) is 9.96. The molecule has 26 heavy (non-hydrogen) atoms. The fourth-order valence-electron chi connectivity index (χ4n) is 2.29. The van der Waals surface area contributed by atoms with Gasteiger partial charge < -0.3 is 14.8 Å². The number of aromatic nitrogens is 1. The zero-order chi connectivity index (χ0) is 18.9. The molecule has 0 aliphatic heterocycles. The molecule has 0 fully saturated rings. The third kappa shape index (κ3) is 5.17. The molecule has 1 heterocycles. The number of aryl methyl sites for hydroxylation is 1. The third-order valence-electron chi connectivity index (χ3n) is 3.47. The van der Waals surface area contributed by atoms with Crippen LogP contribution in [0.3, 0.4) is 0 Å². The molecule has 1 N–H and O–H groups in total. The van der Waals surface area contributed by atoms with E-state index in [1.165, 1.54) is 6.20 Å². The van der Waals surface area contributed by atoms with Crippen molar-refractivity contribution in [3.05, 3.63) is 60.1 Å². The van der Waals surface area contributed by atoms with Gasteiger partial charge in [-0.05, 0) is 56.2 Å². The minimum atomic E-state index is -0.723. The molecule has 6 nitrogen and oxygen atoms in total. The predicted octanol–water partition coefficient (Wildman–Crippen LogP) is 3.48. The molecule has 136 valence electrons. The van der Waals surface area contributed by atoms with Crippen LogP contribution in [0.1, 0.15) is 19.5 Å². The Bertz CT molecular complexity index is 795. The van der Waals surface area contributed by atoms with E-state index < -0.39 is 11.9 Å². The van der Waals surface area contributed by atoms with Crippen LogP contribution in [0.5, 0.6) is 0 Å². The summed E-state index contributed by atoms with van der Waals surface area (Å²) in [5, 5.41) is 2.97. The van der Waals surface area contributed by atoms with Crippen LogP contribution >= 0.6 is 0 Å². The number of hydrogen-bond donors (Lipinski definition) is 1. The minimum Gasteiger partial charge on any atom is -0.462 e.